The molecule has 0 aliphatic carbocycles. The average Bonchev–Trinajstić information content (AvgIpc) is 2.00. The first-order valence-corrected chi connectivity index (χ1v) is 3.10. The second-order valence-corrected chi connectivity index (χ2v) is 2.08. The zero-order valence-corrected chi connectivity index (χ0v) is 15.5. The van der Waals surface area contributed by atoms with Crippen LogP contribution in [-0.2, 0) is 14.5 Å². The molecule has 0 aliphatic heterocycles. The zero-order valence-electron chi connectivity index (χ0n) is 9.52. The van der Waals surface area contributed by atoms with Crippen LogP contribution in [0.15, 0.2) is 12.5 Å². The maximum absolute atomic E-state index is 10.0. The first-order valence-electron chi connectivity index (χ1n) is 3.10. The molecule has 7 nitrogen and oxygen atoms in total. The molecule has 0 saturated carbocycles. The van der Waals surface area contributed by atoms with Crippen molar-refractivity contribution in [1.29, 1.82) is 0 Å². The molecule has 0 amide bonds. The van der Waals surface area contributed by atoms with Crippen LogP contribution in [0.25, 0.3) is 0 Å². The van der Waals surface area contributed by atoms with Gasteiger partial charge in [-0.15, -0.1) is 0 Å². The molecule has 0 radical (unpaired) electrons. The SMILES string of the molecule is C=C(O[O-])N(CC(=O)[O-])CC(=O)[O-].[Na+].[Na+].[Na+]. The van der Waals surface area contributed by atoms with Gasteiger partial charge >= 0.3 is 88.7 Å². The van der Waals surface area contributed by atoms with Crippen LogP contribution in [-0.4, -0.2) is 29.9 Å². The fourth-order valence-electron chi connectivity index (χ4n) is 0.597. The molecular formula is C6H6NNa3O6. The Labute approximate surface area is 159 Å². The number of carboxylic acids is 2. The molecule has 10 heteroatoms. The first-order chi connectivity index (χ1) is 5.97. The van der Waals surface area contributed by atoms with Gasteiger partial charge in [-0.1, -0.05) is 0 Å². The fourth-order valence-corrected chi connectivity index (χ4v) is 0.597. The van der Waals surface area contributed by atoms with E-state index in [9.17, 15) is 25.1 Å². The van der Waals surface area contributed by atoms with E-state index >= 15 is 0 Å². The number of carbonyl (C=O) groups excluding carboxylic acids is 2. The summed E-state index contributed by atoms with van der Waals surface area (Å²) in [4.78, 5) is 24.0. The van der Waals surface area contributed by atoms with E-state index in [0.717, 1.165) is 0 Å². The van der Waals surface area contributed by atoms with Gasteiger partial charge in [0.2, 0.25) is 0 Å². The third-order valence-corrected chi connectivity index (χ3v) is 1.09. The molecule has 74 valence electrons. The number of hydrogen-bond donors (Lipinski definition) is 0. The zero-order chi connectivity index (χ0) is 10.4. The van der Waals surface area contributed by atoms with Gasteiger partial charge in [0.15, 0.2) is 5.88 Å². The molecule has 0 aromatic heterocycles. The van der Waals surface area contributed by atoms with E-state index in [1.165, 1.54) is 0 Å². The van der Waals surface area contributed by atoms with E-state index in [4.69, 9.17) is 0 Å². The van der Waals surface area contributed by atoms with Crippen molar-refractivity contribution in [2.45, 2.75) is 0 Å². The molecule has 0 N–H and O–H groups in total. The summed E-state index contributed by atoms with van der Waals surface area (Å²) in [7, 11) is 0. The predicted molar refractivity (Wildman–Crippen MR) is 31.8 cm³/mol. The number of aliphatic carboxylic acids is 2. The molecule has 0 fully saturated rings. The number of nitrogens with zero attached hydrogens (tertiary/aromatic N) is 1. The van der Waals surface area contributed by atoms with Crippen molar-refractivity contribution in [2.75, 3.05) is 13.1 Å². The van der Waals surface area contributed by atoms with Gasteiger partial charge < -0.3 is 34.8 Å². The van der Waals surface area contributed by atoms with Gasteiger partial charge in [-0.05, 0) is 6.58 Å². The number of carboxylic acid groups (broad SMARTS) is 2. The Morgan fingerprint density at radius 3 is 1.56 bits per heavy atom. The summed E-state index contributed by atoms with van der Waals surface area (Å²) in [5.74, 6) is -3.73. The summed E-state index contributed by atoms with van der Waals surface area (Å²) < 4.78 is 0. The third kappa shape index (κ3) is 13.3. The Morgan fingerprint density at radius 1 is 1.06 bits per heavy atom. The van der Waals surface area contributed by atoms with E-state index < -0.39 is 30.9 Å². The van der Waals surface area contributed by atoms with Crippen LogP contribution in [0.5, 0.6) is 0 Å². The Hall–Kier alpha value is 1.24. The van der Waals surface area contributed by atoms with Gasteiger partial charge in [-0.3, -0.25) is 0 Å². The minimum Gasteiger partial charge on any atom is -0.663 e. The molecule has 16 heavy (non-hydrogen) atoms. The van der Waals surface area contributed by atoms with Gasteiger partial charge in [-0.25, -0.2) is 0 Å². The monoisotopic (exact) mass is 257 g/mol. The second-order valence-electron chi connectivity index (χ2n) is 2.08. The number of rotatable bonds is 6. The van der Waals surface area contributed by atoms with Crippen LogP contribution in [0.4, 0.5) is 0 Å². The largest absolute Gasteiger partial charge is 1.00 e. The standard InChI is InChI=1S/C6H9NO6.3Na/c1-4(13-12)7(2-5(8)9)3-6(10)11;;;/h12H,1-3H2,(H,8,9)(H,10,11);;;/q;3*+1/p-3. The van der Waals surface area contributed by atoms with Crippen molar-refractivity contribution < 1.29 is 119 Å². The maximum Gasteiger partial charge on any atom is 1.00 e. The van der Waals surface area contributed by atoms with Crippen LogP contribution >= 0.6 is 0 Å². The van der Waals surface area contributed by atoms with E-state index in [-0.39, 0.29) is 88.7 Å². The van der Waals surface area contributed by atoms with E-state index in [1.54, 1.807) is 0 Å². The van der Waals surface area contributed by atoms with Crippen molar-refractivity contribution in [3.8, 4) is 0 Å². The van der Waals surface area contributed by atoms with Gasteiger partial charge in [0.05, 0.1) is 25.0 Å². The molecule has 0 rings (SSSR count). The van der Waals surface area contributed by atoms with E-state index in [1.807, 2.05) is 0 Å². The normalized spacial score (nSPS) is 7.31. The van der Waals surface area contributed by atoms with E-state index in [2.05, 4.69) is 11.5 Å². The minimum absolute atomic E-state index is 0. The summed E-state index contributed by atoms with van der Waals surface area (Å²) in [5, 5.41) is 29.9. The van der Waals surface area contributed by atoms with Crippen LogP contribution in [0.3, 0.4) is 0 Å². The molecule has 0 aromatic rings. The number of carbonyl (C=O) groups is 2. The minimum atomic E-state index is -1.56. The van der Waals surface area contributed by atoms with Crippen molar-refractivity contribution in [1.82, 2.24) is 4.90 Å². The molecule has 0 unspecified atom stereocenters. The second kappa shape index (κ2) is 14.3. The van der Waals surface area contributed by atoms with Crippen LogP contribution < -0.4 is 104 Å². The van der Waals surface area contributed by atoms with Crippen LogP contribution in [0.1, 0.15) is 0 Å². The quantitative estimate of drug-likeness (QED) is 0.201. The smallest absolute Gasteiger partial charge is 0.663 e. The number of hydrogen-bond acceptors (Lipinski definition) is 7. The topological polar surface area (TPSA) is 116 Å². The Balaban J connectivity index is -0.000000240. The summed E-state index contributed by atoms with van der Waals surface area (Å²) in [6.45, 7) is 1.40. The predicted octanol–water partition coefficient (Wildman–Crippen LogP) is -13.4. The van der Waals surface area contributed by atoms with Gasteiger partial charge in [0.25, 0.3) is 0 Å². The van der Waals surface area contributed by atoms with Gasteiger partial charge in [0, 0.05) is 0 Å². The molecule has 0 bridgehead atoms. The molecule has 0 saturated heterocycles. The summed E-state index contributed by atoms with van der Waals surface area (Å²) in [5.41, 5.74) is 0. The first kappa shape index (κ1) is 25.9. The Morgan fingerprint density at radius 2 is 1.38 bits per heavy atom. The molecule has 0 aliphatic rings. The Kier molecular flexibility index (Phi) is 23.2. The molecule has 0 heterocycles. The maximum atomic E-state index is 10.0. The van der Waals surface area contributed by atoms with E-state index in [0.29, 0.717) is 4.90 Å². The average molecular weight is 257 g/mol. The van der Waals surface area contributed by atoms with Crippen LogP contribution in [0, 0.1) is 0 Å². The van der Waals surface area contributed by atoms with Gasteiger partial charge in [-0.2, -0.15) is 0 Å². The summed E-state index contributed by atoms with van der Waals surface area (Å²) in [6, 6.07) is 0. The summed E-state index contributed by atoms with van der Waals surface area (Å²) >= 11 is 0. The molecule has 0 aromatic carbocycles. The van der Waals surface area contributed by atoms with Crippen molar-refractivity contribution in [3.63, 3.8) is 0 Å². The molecular weight excluding hydrogens is 251 g/mol. The van der Waals surface area contributed by atoms with Crippen molar-refractivity contribution in [3.05, 3.63) is 12.5 Å². The third-order valence-electron chi connectivity index (χ3n) is 1.09. The molecule has 0 atom stereocenters. The molecule has 0 spiro atoms. The van der Waals surface area contributed by atoms with Gasteiger partial charge in [0.1, 0.15) is 0 Å². The van der Waals surface area contributed by atoms with Crippen molar-refractivity contribution in [2.24, 2.45) is 0 Å². The van der Waals surface area contributed by atoms with Crippen LogP contribution in [0.2, 0.25) is 0 Å². The summed E-state index contributed by atoms with van der Waals surface area (Å²) in [6.07, 6.45) is 0. The van der Waals surface area contributed by atoms with Crippen molar-refractivity contribution >= 4 is 11.9 Å². The fraction of sp³-hybridized carbons (Fsp3) is 0.333. The Bertz CT molecular complexity index is 220.